The first kappa shape index (κ1) is 18.7. The second-order valence-electron chi connectivity index (χ2n) is 7.51. The lowest BCUT2D eigenvalue weighted by Gasteiger charge is -2.34. The largest absolute Gasteiger partial charge is 0.464 e. The summed E-state index contributed by atoms with van der Waals surface area (Å²) in [5.74, 6) is 1.83. The van der Waals surface area contributed by atoms with Crippen LogP contribution in [0.2, 0.25) is 0 Å². The number of hydrogen-bond acceptors (Lipinski definition) is 5. The van der Waals surface area contributed by atoms with Crippen molar-refractivity contribution < 1.29 is 9.21 Å². The normalized spacial score (nSPS) is 15.9. The van der Waals surface area contributed by atoms with Crippen LogP contribution in [0.25, 0.3) is 5.65 Å². The number of aryl methyl sites for hydroxylation is 1. The Kier molecular flexibility index (Phi) is 5.45. The van der Waals surface area contributed by atoms with Gasteiger partial charge in [0.05, 0.1) is 18.8 Å². The number of likely N-dealkylation sites (N-methyl/N-ethyl adjacent to an activating group) is 1. The quantitative estimate of drug-likeness (QED) is 0.654. The number of piperazine rings is 1. The number of aromatic nitrogens is 2. The van der Waals surface area contributed by atoms with Crippen LogP contribution in [0.15, 0.2) is 47.1 Å². The number of furan rings is 1. The first-order valence-electron chi connectivity index (χ1n) is 9.73. The van der Waals surface area contributed by atoms with Crippen LogP contribution < -0.4 is 0 Å². The summed E-state index contributed by atoms with van der Waals surface area (Å²) >= 11 is 0. The van der Waals surface area contributed by atoms with E-state index in [1.54, 1.807) is 4.90 Å². The molecule has 0 aliphatic carbocycles. The number of amides is 1. The molecule has 0 spiro atoms. The van der Waals surface area contributed by atoms with Crippen LogP contribution in [0.1, 0.15) is 17.2 Å². The van der Waals surface area contributed by atoms with Crippen molar-refractivity contribution in [2.45, 2.75) is 20.0 Å². The number of nitrogens with zero attached hydrogens (tertiary/aromatic N) is 5. The van der Waals surface area contributed by atoms with Crippen molar-refractivity contribution in [2.24, 2.45) is 0 Å². The smallest absolute Gasteiger partial charge is 0.236 e. The number of pyridine rings is 1. The van der Waals surface area contributed by atoms with Crippen molar-refractivity contribution in [1.82, 2.24) is 24.1 Å². The van der Waals surface area contributed by atoms with Crippen molar-refractivity contribution in [1.29, 1.82) is 0 Å². The topological polar surface area (TPSA) is 57.2 Å². The molecule has 7 heteroatoms. The van der Waals surface area contributed by atoms with Gasteiger partial charge in [0.1, 0.15) is 17.2 Å². The summed E-state index contributed by atoms with van der Waals surface area (Å²) in [5, 5.41) is 0. The molecule has 4 heterocycles. The Hall–Kier alpha value is -2.64. The molecule has 28 heavy (non-hydrogen) atoms. The second-order valence-corrected chi connectivity index (χ2v) is 7.51. The van der Waals surface area contributed by atoms with E-state index in [1.165, 1.54) is 0 Å². The van der Waals surface area contributed by atoms with Gasteiger partial charge in [0.2, 0.25) is 5.91 Å². The maximum Gasteiger partial charge on any atom is 0.236 e. The van der Waals surface area contributed by atoms with Gasteiger partial charge in [0.15, 0.2) is 0 Å². The van der Waals surface area contributed by atoms with E-state index in [4.69, 9.17) is 4.42 Å². The van der Waals surface area contributed by atoms with Crippen molar-refractivity contribution in [3.05, 3.63) is 59.9 Å². The van der Waals surface area contributed by atoms with Crippen LogP contribution in [-0.4, -0.2) is 69.8 Å². The third-order valence-electron chi connectivity index (χ3n) is 5.24. The van der Waals surface area contributed by atoms with Crippen LogP contribution in [0.4, 0.5) is 0 Å². The average Bonchev–Trinajstić information content (AvgIpc) is 3.28. The zero-order valence-corrected chi connectivity index (χ0v) is 16.5. The maximum absolute atomic E-state index is 12.5. The average molecular weight is 381 g/mol. The fourth-order valence-corrected chi connectivity index (χ4v) is 3.60. The van der Waals surface area contributed by atoms with Crippen molar-refractivity contribution in [3.8, 4) is 0 Å². The summed E-state index contributed by atoms with van der Waals surface area (Å²) in [6.07, 6.45) is 4.12. The molecule has 4 rings (SSSR count). The van der Waals surface area contributed by atoms with E-state index in [0.29, 0.717) is 13.1 Å². The van der Waals surface area contributed by atoms with Crippen LogP contribution >= 0.6 is 0 Å². The van der Waals surface area contributed by atoms with E-state index in [1.807, 2.05) is 50.5 Å². The van der Waals surface area contributed by atoms with Crippen molar-refractivity contribution >= 4 is 11.6 Å². The minimum Gasteiger partial charge on any atom is -0.464 e. The highest BCUT2D eigenvalue weighted by atomic mass is 16.3. The highest BCUT2D eigenvalue weighted by Crippen LogP contribution is 2.12. The minimum absolute atomic E-state index is 0.128. The molecule has 7 nitrogen and oxygen atoms in total. The molecule has 3 aromatic rings. The predicted molar refractivity (Wildman–Crippen MR) is 107 cm³/mol. The number of hydrogen-bond donors (Lipinski definition) is 0. The second kappa shape index (κ2) is 8.16. The Labute approximate surface area is 165 Å². The summed E-state index contributed by atoms with van der Waals surface area (Å²) < 4.78 is 7.62. The van der Waals surface area contributed by atoms with Gasteiger partial charge in [0.25, 0.3) is 0 Å². The Balaban J connectivity index is 1.24. The van der Waals surface area contributed by atoms with Gasteiger partial charge in [-0.2, -0.15) is 0 Å². The number of carbonyl (C=O) groups excluding carboxylic acids is 1. The molecular formula is C21H27N5O2. The van der Waals surface area contributed by atoms with Gasteiger partial charge in [-0.15, -0.1) is 0 Å². The lowest BCUT2D eigenvalue weighted by Crippen LogP contribution is -2.49. The van der Waals surface area contributed by atoms with E-state index in [-0.39, 0.29) is 5.91 Å². The van der Waals surface area contributed by atoms with E-state index in [9.17, 15) is 4.79 Å². The number of imidazole rings is 1. The Bertz CT molecular complexity index is 906. The summed E-state index contributed by atoms with van der Waals surface area (Å²) in [7, 11) is 1.83. The Morgan fingerprint density at radius 1 is 1.14 bits per heavy atom. The van der Waals surface area contributed by atoms with Gasteiger partial charge in [0, 0.05) is 52.2 Å². The van der Waals surface area contributed by atoms with Crippen LogP contribution in [-0.2, 0) is 17.9 Å². The fourth-order valence-electron chi connectivity index (χ4n) is 3.60. The number of fused-ring (bicyclic) bond motifs is 1. The van der Waals surface area contributed by atoms with Crippen LogP contribution in [0.3, 0.4) is 0 Å². The minimum atomic E-state index is 0.128. The molecule has 0 N–H and O–H groups in total. The zero-order valence-electron chi connectivity index (χ0n) is 16.5. The Morgan fingerprint density at radius 2 is 1.93 bits per heavy atom. The first-order valence-corrected chi connectivity index (χ1v) is 9.73. The molecule has 1 amide bonds. The monoisotopic (exact) mass is 381 g/mol. The molecule has 148 valence electrons. The van der Waals surface area contributed by atoms with E-state index in [2.05, 4.69) is 25.4 Å². The van der Waals surface area contributed by atoms with Gasteiger partial charge in [-0.1, -0.05) is 6.07 Å². The predicted octanol–water partition coefficient (Wildman–Crippen LogP) is 2.01. The van der Waals surface area contributed by atoms with Gasteiger partial charge < -0.3 is 13.7 Å². The van der Waals surface area contributed by atoms with Crippen molar-refractivity contribution in [3.63, 3.8) is 0 Å². The van der Waals surface area contributed by atoms with Gasteiger partial charge in [-0.3, -0.25) is 14.6 Å². The lowest BCUT2D eigenvalue weighted by atomic mass is 10.3. The van der Waals surface area contributed by atoms with E-state index >= 15 is 0 Å². The number of rotatable bonds is 6. The summed E-state index contributed by atoms with van der Waals surface area (Å²) in [4.78, 5) is 23.6. The van der Waals surface area contributed by atoms with Crippen LogP contribution in [0.5, 0.6) is 0 Å². The van der Waals surface area contributed by atoms with Crippen LogP contribution in [0, 0.1) is 6.92 Å². The van der Waals surface area contributed by atoms with E-state index < -0.39 is 0 Å². The highest BCUT2D eigenvalue weighted by molar-refractivity contribution is 5.77. The van der Waals surface area contributed by atoms with Gasteiger partial charge in [-0.25, -0.2) is 4.98 Å². The zero-order chi connectivity index (χ0) is 19.5. The van der Waals surface area contributed by atoms with E-state index in [0.717, 1.165) is 55.6 Å². The molecule has 0 aromatic carbocycles. The first-order chi connectivity index (χ1) is 13.6. The highest BCUT2D eigenvalue weighted by Gasteiger charge is 2.21. The van der Waals surface area contributed by atoms with Gasteiger partial charge in [-0.05, 0) is 31.2 Å². The van der Waals surface area contributed by atoms with Crippen molar-refractivity contribution in [2.75, 3.05) is 39.8 Å². The standard InChI is InChI=1S/C21H27N5O2/c1-17-6-7-19(28-17)15-23(2)21(27)16-25-11-9-24(10-12-25)13-18-14-26-8-4-3-5-20(26)22-18/h3-8,14H,9-13,15-16H2,1-2H3. The molecular weight excluding hydrogens is 354 g/mol. The summed E-state index contributed by atoms with van der Waals surface area (Å²) in [6, 6.07) is 9.89. The molecule has 1 fully saturated rings. The molecule has 1 aliphatic rings. The molecule has 0 bridgehead atoms. The third-order valence-corrected chi connectivity index (χ3v) is 5.24. The molecule has 1 saturated heterocycles. The summed E-state index contributed by atoms with van der Waals surface area (Å²) in [6.45, 7) is 7.42. The maximum atomic E-state index is 12.5. The van der Waals surface area contributed by atoms with Gasteiger partial charge >= 0.3 is 0 Å². The summed E-state index contributed by atoms with van der Waals surface area (Å²) in [5.41, 5.74) is 2.07. The fraction of sp³-hybridized carbons (Fsp3) is 0.429. The Morgan fingerprint density at radius 3 is 2.64 bits per heavy atom. The molecule has 0 radical (unpaired) electrons. The lowest BCUT2D eigenvalue weighted by molar-refractivity contribution is -0.132. The molecule has 1 aliphatic heterocycles. The molecule has 0 atom stereocenters. The molecule has 0 saturated carbocycles. The number of carbonyl (C=O) groups is 1. The SMILES string of the molecule is Cc1ccc(CN(C)C(=O)CN2CCN(Cc3cn4ccccc4n3)CC2)o1. The molecule has 0 unspecified atom stereocenters. The molecule has 3 aromatic heterocycles. The third kappa shape index (κ3) is 4.43.